The molecule has 1 aliphatic rings. The van der Waals surface area contributed by atoms with E-state index in [0.29, 0.717) is 5.25 Å². The van der Waals surface area contributed by atoms with E-state index in [4.69, 9.17) is 5.73 Å². The first-order chi connectivity index (χ1) is 7.27. The molecule has 1 aliphatic heterocycles. The van der Waals surface area contributed by atoms with Crippen LogP contribution in [0.5, 0.6) is 0 Å². The van der Waals surface area contributed by atoms with E-state index in [1.54, 1.807) is 4.90 Å². The number of rotatable bonds is 1. The minimum Gasteiger partial charge on any atom is -0.351 e. The van der Waals surface area contributed by atoms with Crippen LogP contribution in [0.2, 0.25) is 0 Å². The smallest absolute Gasteiger partial charge is 0.314 e. The van der Waals surface area contributed by atoms with Crippen molar-refractivity contribution in [1.29, 1.82) is 0 Å². The topological polar surface area (TPSA) is 46.3 Å². The lowest BCUT2D eigenvalue weighted by Crippen LogP contribution is -2.42. The Balaban J connectivity index is 2.08. The van der Waals surface area contributed by atoms with Crippen molar-refractivity contribution in [2.75, 3.05) is 18.8 Å². The monoisotopic (exact) mass is 222 g/mol. The first kappa shape index (κ1) is 10.4. The van der Waals surface area contributed by atoms with Gasteiger partial charge in [-0.3, -0.25) is 0 Å². The normalized spacial score (nSPS) is 21.3. The molecule has 0 radical (unpaired) electrons. The Hall–Kier alpha value is -1.16. The molecule has 0 aromatic heterocycles. The van der Waals surface area contributed by atoms with E-state index in [9.17, 15) is 4.79 Å². The van der Waals surface area contributed by atoms with Gasteiger partial charge in [0.1, 0.15) is 0 Å². The number of urea groups is 1. The van der Waals surface area contributed by atoms with E-state index in [-0.39, 0.29) is 6.03 Å². The summed E-state index contributed by atoms with van der Waals surface area (Å²) in [4.78, 5) is 12.8. The number of carbonyl (C=O) groups excluding carboxylic acids is 1. The predicted molar refractivity (Wildman–Crippen MR) is 62.8 cm³/mol. The van der Waals surface area contributed by atoms with Gasteiger partial charge >= 0.3 is 6.03 Å². The summed E-state index contributed by atoms with van der Waals surface area (Å²) in [6.45, 7) is 1.49. The number of nitrogens with two attached hydrogens (primary N) is 1. The van der Waals surface area contributed by atoms with E-state index in [0.717, 1.165) is 18.8 Å². The van der Waals surface area contributed by atoms with Crippen molar-refractivity contribution in [3.05, 3.63) is 35.9 Å². The fourth-order valence-corrected chi connectivity index (χ4v) is 2.96. The molecule has 2 amide bonds. The molecule has 2 rings (SSSR count). The molecular formula is C11H14N2OS. The second-order valence-corrected chi connectivity index (χ2v) is 4.86. The minimum absolute atomic E-state index is 0.309. The van der Waals surface area contributed by atoms with Crippen molar-refractivity contribution < 1.29 is 4.79 Å². The summed E-state index contributed by atoms with van der Waals surface area (Å²) in [6.07, 6.45) is 0. The van der Waals surface area contributed by atoms with E-state index in [1.165, 1.54) is 5.56 Å². The van der Waals surface area contributed by atoms with Gasteiger partial charge in [0.2, 0.25) is 0 Å². The maximum atomic E-state index is 11.1. The van der Waals surface area contributed by atoms with Gasteiger partial charge in [0.15, 0.2) is 0 Å². The van der Waals surface area contributed by atoms with Crippen LogP contribution in [0, 0.1) is 0 Å². The lowest BCUT2D eigenvalue weighted by molar-refractivity contribution is 0.209. The van der Waals surface area contributed by atoms with Gasteiger partial charge in [-0.25, -0.2) is 4.79 Å². The number of benzene rings is 1. The second kappa shape index (κ2) is 4.57. The van der Waals surface area contributed by atoms with Crippen LogP contribution in [0.15, 0.2) is 30.3 Å². The molecule has 1 atom stereocenters. The van der Waals surface area contributed by atoms with Crippen molar-refractivity contribution in [2.45, 2.75) is 5.25 Å². The van der Waals surface area contributed by atoms with Crippen LogP contribution >= 0.6 is 11.8 Å². The summed E-state index contributed by atoms with van der Waals surface area (Å²) in [5.74, 6) is 0.961. The third-order valence-corrected chi connectivity index (χ3v) is 3.79. The number of hydrogen-bond acceptors (Lipinski definition) is 2. The lowest BCUT2D eigenvalue weighted by atomic mass is 10.1. The molecule has 1 unspecified atom stereocenters. The van der Waals surface area contributed by atoms with Crippen LogP contribution in [0.4, 0.5) is 4.79 Å². The SMILES string of the molecule is NC(=O)N1CCSC(c2ccccc2)C1. The summed E-state index contributed by atoms with van der Waals surface area (Å²) < 4.78 is 0. The fraction of sp³-hybridized carbons (Fsp3) is 0.364. The summed E-state index contributed by atoms with van der Waals surface area (Å²) in [5.41, 5.74) is 6.56. The zero-order valence-corrected chi connectivity index (χ0v) is 9.24. The van der Waals surface area contributed by atoms with Crippen LogP contribution in [-0.2, 0) is 0 Å². The molecule has 15 heavy (non-hydrogen) atoms. The average molecular weight is 222 g/mol. The fourth-order valence-electron chi connectivity index (χ4n) is 1.72. The highest BCUT2D eigenvalue weighted by atomic mass is 32.2. The second-order valence-electron chi connectivity index (χ2n) is 3.55. The number of carbonyl (C=O) groups is 1. The highest BCUT2D eigenvalue weighted by molar-refractivity contribution is 7.99. The third kappa shape index (κ3) is 2.45. The van der Waals surface area contributed by atoms with Crippen LogP contribution in [0.1, 0.15) is 10.8 Å². The Kier molecular flexibility index (Phi) is 3.16. The maximum absolute atomic E-state index is 11.1. The number of thioether (sulfide) groups is 1. The molecule has 0 spiro atoms. The zero-order valence-electron chi connectivity index (χ0n) is 8.43. The number of primary amides is 1. The number of hydrogen-bond donors (Lipinski definition) is 1. The Morgan fingerprint density at radius 3 is 2.80 bits per heavy atom. The molecule has 0 bridgehead atoms. The first-order valence-electron chi connectivity index (χ1n) is 4.98. The van der Waals surface area contributed by atoms with E-state index >= 15 is 0 Å². The van der Waals surface area contributed by atoms with E-state index in [1.807, 2.05) is 30.0 Å². The van der Waals surface area contributed by atoms with E-state index < -0.39 is 0 Å². The van der Waals surface area contributed by atoms with Gasteiger partial charge in [0.25, 0.3) is 0 Å². The molecule has 1 aromatic carbocycles. The van der Waals surface area contributed by atoms with Gasteiger partial charge in [-0.2, -0.15) is 11.8 Å². The Labute approximate surface area is 93.6 Å². The standard InChI is InChI=1S/C11H14N2OS/c12-11(14)13-6-7-15-10(8-13)9-4-2-1-3-5-9/h1-5,10H,6-8H2,(H2,12,14). The summed E-state index contributed by atoms with van der Waals surface area (Å²) >= 11 is 1.89. The molecule has 2 N–H and O–H groups in total. The van der Waals surface area contributed by atoms with Gasteiger partial charge in [-0.15, -0.1) is 0 Å². The molecule has 0 aliphatic carbocycles. The van der Waals surface area contributed by atoms with Gasteiger partial charge in [-0.05, 0) is 5.56 Å². The lowest BCUT2D eigenvalue weighted by Gasteiger charge is -2.31. The summed E-state index contributed by atoms with van der Waals surface area (Å²) in [7, 11) is 0. The number of nitrogens with zero attached hydrogens (tertiary/aromatic N) is 1. The molecule has 3 nitrogen and oxygen atoms in total. The van der Waals surface area contributed by atoms with Crippen LogP contribution in [0.25, 0.3) is 0 Å². The average Bonchev–Trinajstić information content (AvgIpc) is 2.30. The molecular weight excluding hydrogens is 208 g/mol. The van der Waals surface area contributed by atoms with Crippen molar-refractivity contribution in [3.63, 3.8) is 0 Å². The van der Waals surface area contributed by atoms with Gasteiger partial charge in [0.05, 0.1) is 0 Å². The summed E-state index contributed by atoms with van der Waals surface area (Å²) in [6, 6.07) is 9.95. The van der Waals surface area contributed by atoms with Crippen molar-refractivity contribution in [3.8, 4) is 0 Å². The van der Waals surface area contributed by atoms with Gasteiger partial charge in [0, 0.05) is 24.1 Å². The number of amides is 2. The summed E-state index contributed by atoms with van der Waals surface area (Å²) in [5, 5.41) is 0.368. The Morgan fingerprint density at radius 1 is 1.40 bits per heavy atom. The zero-order chi connectivity index (χ0) is 10.7. The highest BCUT2D eigenvalue weighted by Gasteiger charge is 2.23. The van der Waals surface area contributed by atoms with Crippen molar-refractivity contribution in [2.24, 2.45) is 5.73 Å². The Bertz CT molecular complexity index is 342. The minimum atomic E-state index is -0.309. The molecule has 1 heterocycles. The predicted octanol–water partition coefficient (Wildman–Crippen LogP) is 1.86. The maximum Gasteiger partial charge on any atom is 0.314 e. The highest BCUT2D eigenvalue weighted by Crippen LogP contribution is 2.32. The largest absolute Gasteiger partial charge is 0.351 e. The van der Waals surface area contributed by atoms with E-state index in [2.05, 4.69) is 12.1 Å². The first-order valence-corrected chi connectivity index (χ1v) is 6.03. The molecule has 80 valence electrons. The molecule has 0 saturated carbocycles. The molecule has 1 aromatic rings. The van der Waals surface area contributed by atoms with Gasteiger partial charge in [-0.1, -0.05) is 30.3 Å². The quantitative estimate of drug-likeness (QED) is 0.788. The van der Waals surface area contributed by atoms with Crippen LogP contribution in [0.3, 0.4) is 0 Å². The molecule has 1 fully saturated rings. The molecule has 4 heteroatoms. The molecule has 1 saturated heterocycles. The van der Waals surface area contributed by atoms with Crippen molar-refractivity contribution in [1.82, 2.24) is 4.90 Å². The third-order valence-electron chi connectivity index (χ3n) is 2.55. The van der Waals surface area contributed by atoms with Crippen LogP contribution in [-0.4, -0.2) is 29.8 Å². The Morgan fingerprint density at radius 2 is 2.13 bits per heavy atom. The van der Waals surface area contributed by atoms with Crippen LogP contribution < -0.4 is 5.73 Å². The van der Waals surface area contributed by atoms with Crippen molar-refractivity contribution >= 4 is 17.8 Å². The van der Waals surface area contributed by atoms with Gasteiger partial charge < -0.3 is 10.6 Å².